The molecule has 0 spiro atoms. The van der Waals surface area contributed by atoms with Gasteiger partial charge < -0.3 is 14.0 Å². The van der Waals surface area contributed by atoms with Gasteiger partial charge in [0.15, 0.2) is 5.60 Å². The van der Waals surface area contributed by atoms with Crippen molar-refractivity contribution in [2.45, 2.75) is 53.2 Å². The van der Waals surface area contributed by atoms with Gasteiger partial charge in [0.1, 0.15) is 5.75 Å². The number of hydrogen-bond donors (Lipinski definition) is 0. The van der Waals surface area contributed by atoms with Crippen LogP contribution in [0.2, 0.25) is 0 Å². The highest BCUT2D eigenvalue weighted by Crippen LogP contribution is 2.36. The standard InChI is InChI=1S/C24H29NO3/c1-6-15-25-21-14-13-19(28-24(4,5)23(26)27-7-2)16-20(21)17(3)22(25)18-11-9-8-10-12-18/h8-14,16H,6-7,15H2,1-5H3. The Balaban J connectivity index is 2.07. The molecule has 3 rings (SSSR count). The van der Waals surface area contributed by atoms with Crippen molar-refractivity contribution < 1.29 is 14.3 Å². The van der Waals surface area contributed by atoms with Gasteiger partial charge in [0, 0.05) is 17.4 Å². The molecule has 148 valence electrons. The molecule has 0 unspecified atom stereocenters. The second-order valence-corrected chi connectivity index (χ2v) is 7.50. The SMILES string of the molecule is CCCn1c(-c2ccccc2)c(C)c2cc(OC(C)(C)C(=O)OCC)ccc21. The van der Waals surface area contributed by atoms with Crippen LogP contribution in [0.1, 0.15) is 39.7 Å². The third-order valence-corrected chi connectivity index (χ3v) is 4.92. The first kappa shape index (κ1) is 20.0. The van der Waals surface area contributed by atoms with E-state index in [9.17, 15) is 4.79 Å². The first-order chi connectivity index (χ1) is 13.4. The summed E-state index contributed by atoms with van der Waals surface area (Å²) in [6.07, 6.45) is 1.05. The number of fused-ring (bicyclic) bond motifs is 1. The molecule has 0 aliphatic heterocycles. The van der Waals surface area contributed by atoms with E-state index in [4.69, 9.17) is 9.47 Å². The summed E-state index contributed by atoms with van der Waals surface area (Å²) in [6, 6.07) is 16.5. The lowest BCUT2D eigenvalue weighted by Gasteiger charge is -2.24. The summed E-state index contributed by atoms with van der Waals surface area (Å²) < 4.78 is 13.5. The molecule has 0 radical (unpaired) electrons. The molecule has 0 N–H and O–H groups in total. The molecule has 1 heterocycles. The molecule has 3 aromatic rings. The molecule has 0 atom stereocenters. The number of ether oxygens (including phenoxy) is 2. The van der Waals surface area contributed by atoms with Crippen LogP contribution < -0.4 is 4.74 Å². The number of esters is 1. The number of carbonyl (C=O) groups excluding carboxylic acids is 1. The van der Waals surface area contributed by atoms with Crippen molar-refractivity contribution in [3.63, 3.8) is 0 Å². The average molecular weight is 380 g/mol. The molecule has 0 aliphatic rings. The van der Waals surface area contributed by atoms with Crippen LogP contribution in [0, 0.1) is 6.92 Å². The Labute approximate surface area is 167 Å². The van der Waals surface area contributed by atoms with E-state index in [-0.39, 0.29) is 5.97 Å². The van der Waals surface area contributed by atoms with Crippen LogP contribution in [-0.4, -0.2) is 22.7 Å². The van der Waals surface area contributed by atoms with Crippen LogP contribution in [0.25, 0.3) is 22.2 Å². The normalized spacial score (nSPS) is 11.6. The summed E-state index contributed by atoms with van der Waals surface area (Å²) in [7, 11) is 0. The molecule has 0 aliphatic carbocycles. The van der Waals surface area contributed by atoms with Crippen LogP contribution in [0.3, 0.4) is 0 Å². The first-order valence-electron chi connectivity index (χ1n) is 9.93. The number of hydrogen-bond acceptors (Lipinski definition) is 3. The molecule has 1 aromatic heterocycles. The summed E-state index contributed by atoms with van der Waals surface area (Å²) in [4.78, 5) is 12.2. The number of carbonyl (C=O) groups is 1. The van der Waals surface area contributed by atoms with Crippen molar-refractivity contribution in [1.29, 1.82) is 0 Å². The second-order valence-electron chi connectivity index (χ2n) is 7.50. The molecule has 0 saturated carbocycles. The van der Waals surface area contributed by atoms with Crippen molar-refractivity contribution in [2.75, 3.05) is 6.61 Å². The van der Waals surface area contributed by atoms with Gasteiger partial charge in [-0.15, -0.1) is 0 Å². The van der Waals surface area contributed by atoms with Crippen LogP contribution >= 0.6 is 0 Å². The maximum absolute atomic E-state index is 12.2. The summed E-state index contributed by atoms with van der Waals surface area (Å²) >= 11 is 0. The smallest absolute Gasteiger partial charge is 0.349 e. The molecule has 4 heteroatoms. The Morgan fingerprint density at radius 3 is 2.43 bits per heavy atom. The Bertz CT molecular complexity index is 970. The van der Waals surface area contributed by atoms with Crippen LogP contribution in [0.5, 0.6) is 5.75 Å². The third-order valence-electron chi connectivity index (χ3n) is 4.92. The lowest BCUT2D eigenvalue weighted by molar-refractivity contribution is -0.158. The van der Waals surface area contributed by atoms with E-state index in [1.807, 2.05) is 18.2 Å². The van der Waals surface area contributed by atoms with E-state index < -0.39 is 5.60 Å². The van der Waals surface area contributed by atoms with Gasteiger partial charge in [0.05, 0.1) is 12.3 Å². The minimum absolute atomic E-state index is 0.337. The van der Waals surface area contributed by atoms with Gasteiger partial charge in [0.25, 0.3) is 0 Å². The molecule has 0 bridgehead atoms. The van der Waals surface area contributed by atoms with Crippen molar-refractivity contribution in [1.82, 2.24) is 4.57 Å². The third kappa shape index (κ3) is 3.77. The van der Waals surface area contributed by atoms with Crippen molar-refractivity contribution in [3.05, 3.63) is 54.1 Å². The minimum atomic E-state index is -1.04. The van der Waals surface area contributed by atoms with Gasteiger partial charge in [-0.1, -0.05) is 37.3 Å². The minimum Gasteiger partial charge on any atom is -0.476 e. The Morgan fingerprint density at radius 2 is 1.79 bits per heavy atom. The van der Waals surface area contributed by atoms with Gasteiger partial charge >= 0.3 is 5.97 Å². The second kappa shape index (κ2) is 8.09. The van der Waals surface area contributed by atoms with Gasteiger partial charge in [-0.25, -0.2) is 4.79 Å². The maximum Gasteiger partial charge on any atom is 0.349 e. The number of nitrogens with zero attached hydrogens (tertiary/aromatic N) is 1. The highest BCUT2D eigenvalue weighted by Gasteiger charge is 2.31. The number of aryl methyl sites for hydroxylation is 2. The molecule has 0 saturated heterocycles. The lowest BCUT2D eigenvalue weighted by atomic mass is 10.1. The van der Waals surface area contributed by atoms with E-state index in [0.717, 1.165) is 18.4 Å². The first-order valence-corrected chi connectivity index (χ1v) is 9.93. The summed E-state index contributed by atoms with van der Waals surface area (Å²) in [5.74, 6) is 0.308. The summed E-state index contributed by atoms with van der Waals surface area (Å²) in [5.41, 5.74) is 3.80. The number of rotatable bonds is 7. The topological polar surface area (TPSA) is 40.5 Å². The molecule has 2 aromatic carbocycles. The van der Waals surface area contributed by atoms with E-state index in [0.29, 0.717) is 12.4 Å². The lowest BCUT2D eigenvalue weighted by Crippen LogP contribution is -2.39. The number of aromatic nitrogens is 1. The fourth-order valence-electron chi connectivity index (χ4n) is 3.63. The Kier molecular flexibility index (Phi) is 5.78. The summed E-state index contributed by atoms with van der Waals surface area (Å²) in [6.45, 7) is 10.9. The molecular weight excluding hydrogens is 350 g/mol. The van der Waals surface area contributed by atoms with E-state index >= 15 is 0 Å². The van der Waals surface area contributed by atoms with E-state index in [2.05, 4.69) is 48.7 Å². The number of benzene rings is 2. The molecular formula is C24H29NO3. The quantitative estimate of drug-likeness (QED) is 0.491. The van der Waals surface area contributed by atoms with E-state index in [1.54, 1.807) is 20.8 Å². The van der Waals surface area contributed by atoms with E-state index in [1.165, 1.54) is 22.3 Å². The largest absolute Gasteiger partial charge is 0.476 e. The molecule has 28 heavy (non-hydrogen) atoms. The molecule has 0 amide bonds. The average Bonchev–Trinajstić information content (AvgIpc) is 2.94. The predicted molar refractivity (Wildman–Crippen MR) is 114 cm³/mol. The summed E-state index contributed by atoms with van der Waals surface area (Å²) in [5, 5.41) is 1.14. The fourth-order valence-corrected chi connectivity index (χ4v) is 3.63. The zero-order valence-corrected chi connectivity index (χ0v) is 17.4. The molecule has 4 nitrogen and oxygen atoms in total. The zero-order chi connectivity index (χ0) is 20.3. The van der Waals surface area contributed by atoms with Gasteiger partial charge in [-0.2, -0.15) is 0 Å². The highest BCUT2D eigenvalue weighted by atomic mass is 16.6. The zero-order valence-electron chi connectivity index (χ0n) is 17.4. The van der Waals surface area contributed by atoms with Crippen molar-refractivity contribution in [3.8, 4) is 17.0 Å². The monoisotopic (exact) mass is 379 g/mol. The Morgan fingerprint density at radius 1 is 1.07 bits per heavy atom. The highest BCUT2D eigenvalue weighted by molar-refractivity contribution is 5.92. The van der Waals surface area contributed by atoms with Gasteiger partial charge in [-0.3, -0.25) is 0 Å². The fraction of sp³-hybridized carbons (Fsp3) is 0.375. The molecule has 0 fully saturated rings. The van der Waals surface area contributed by atoms with Crippen molar-refractivity contribution in [2.24, 2.45) is 0 Å². The van der Waals surface area contributed by atoms with Gasteiger partial charge in [-0.05, 0) is 63.4 Å². The van der Waals surface area contributed by atoms with Crippen LogP contribution in [0.4, 0.5) is 0 Å². The van der Waals surface area contributed by atoms with Crippen LogP contribution in [-0.2, 0) is 16.1 Å². The van der Waals surface area contributed by atoms with Crippen LogP contribution in [0.15, 0.2) is 48.5 Å². The maximum atomic E-state index is 12.2. The Hall–Kier alpha value is -2.75. The van der Waals surface area contributed by atoms with Gasteiger partial charge in [0.2, 0.25) is 0 Å². The van der Waals surface area contributed by atoms with Crippen molar-refractivity contribution >= 4 is 16.9 Å². The predicted octanol–water partition coefficient (Wildman–Crippen LogP) is 5.75.